The van der Waals surface area contributed by atoms with Crippen molar-refractivity contribution in [3.63, 3.8) is 0 Å². The molecule has 5 N–H and O–H groups in total. The number of sulfonamides is 3. The largest absolute Gasteiger partial charge is 0.384 e. The molecule has 4 fully saturated rings. The number of methoxy groups -OCH3 is 1. The van der Waals surface area contributed by atoms with Crippen LogP contribution < -0.4 is 24.9 Å². The molecular weight excluding hydrogens is 1270 g/mol. The fraction of sp³-hybridized carbons (Fsp3) is 0.450. The van der Waals surface area contributed by atoms with Crippen LogP contribution >= 0.6 is 46.4 Å². The van der Waals surface area contributed by atoms with Gasteiger partial charge < -0.3 is 49.6 Å². The fourth-order valence-corrected chi connectivity index (χ4v) is 16.5. The van der Waals surface area contributed by atoms with Crippen LogP contribution in [0.15, 0.2) is 97.6 Å². The number of likely N-dealkylation sites (N-methyl/N-ethyl adjacent to an activating group) is 1. The number of nitrogens with one attached hydrogen (secondary N) is 5. The maximum Gasteiger partial charge on any atom is 0.233 e. The van der Waals surface area contributed by atoms with Crippen LogP contribution in [0.1, 0.15) is 27.2 Å². The first-order valence-corrected chi connectivity index (χ1v) is 35.7. The number of aromatic nitrogens is 4. The Morgan fingerprint density at radius 1 is 0.489 bits per heavy atom. The summed E-state index contributed by atoms with van der Waals surface area (Å²) < 4.78 is 82.8. The summed E-state index contributed by atoms with van der Waals surface area (Å²) in [5.74, 6) is 0.328. The summed E-state index contributed by atoms with van der Waals surface area (Å²) in [6.07, 6.45) is 8.26. The Hall–Kier alpha value is -5.48. The number of nitrogens with zero attached hydrogens (tertiary/aromatic N) is 8. The minimum absolute atomic E-state index is 0.0305. The number of carbonyl (C=O) groups is 1. The van der Waals surface area contributed by atoms with Crippen molar-refractivity contribution in [2.24, 2.45) is 0 Å². The van der Waals surface area contributed by atoms with E-state index in [9.17, 15) is 30.0 Å². The zero-order chi connectivity index (χ0) is 62.9. The van der Waals surface area contributed by atoms with E-state index in [0.29, 0.717) is 107 Å². The summed E-state index contributed by atoms with van der Waals surface area (Å²) in [6, 6.07) is 23.7. The first-order valence-electron chi connectivity index (χ1n) is 29.5. The van der Waals surface area contributed by atoms with E-state index in [1.807, 2.05) is 98.4 Å². The molecule has 8 heterocycles. The molecule has 12 rings (SSSR count). The van der Waals surface area contributed by atoms with Gasteiger partial charge in [0.2, 0.25) is 36.0 Å². The normalized spacial score (nSPS) is 17.1. The zero-order valence-electron chi connectivity index (χ0n) is 50.2. The zero-order valence-corrected chi connectivity index (χ0v) is 55.7. The average molecular weight is 1350 g/mol. The minimum atomic E-state index is -3.24. The van der Waals surface area contributed by atoms with Crippen molar-refractivity contribution in [3.8, 4) is 0 Å². The number of rotatable bonds is 15. The summed E-state index contributed by atoms with van der Waals surface area (Å²) in [5.41, 5.74) is 8.39. The number of aromatic amines is 4. The quantitative estimate of drug-likeness (QED) is 0.0646. The first-order chi connectivity index (χ1) is 42.1. The molecule has 0 aliphatic carbocycles. The summed E-state index contributed by atoms with van der Waals surface area (Å²) in [7, 11) is -6.33. The van der Waals surface area contributed by atoms with Gasteiger partial charge in [0.05, 0.1) is 29.9 Å². The molecule has 21 nitrogen and oxygen atoms in total. The van der Waals surface area contributed by atoms with Gasteiger partial charge in [-0.15, -0.1) is 0 Å². The predicted molar refractivity (Wildman–Crippen MR) is 361 cm³/mol. The van der Waals surface area contributed by atoms with Gasteiger partial charge in [0.1, 0.15) is 0 Å². The Labute approximate surface area is 536 Å². The molecule has 28 heteroatoms. The van der Waals surface area contributed by atoms with E-state index in [2.05, 4.69) is 55.8 Å². The Kier molecular flexibility index (Phi) is 22.5. The standard InChI is InChI=1S/C15H19ClN4O.C15H20ClN3O3S.2C15H20ClN3O2S/c1-17-15(21)10-19-4-6-20(7-5-19)14-9-11(16)8-13-12(14)2-3-18-13;1-22-8-9-23(20,21)19-6-4-18(5-7-19)15-11-12(16)10-14-13(15)2-3-17-14;1-11(2)22(20,21)19-7-5-18(6-8-19)15-10-12(16)9-14-13(15)3-4-17-14;1-2-9-22(20,21)19-7-5-18(6-8-19)15-11-12(16)10-14-13(15)3-4-17-14/h2-3,8-9,18H,4-7,10H2,1H3,(H,17,21);2-3,10-11,17H,4-9H2,1H3;3-4,9-11,17H,5-8H2,1-2H3;3-4,10-11,17H,2,5-9H2,1H3. The Morgan fingerprint density at radius 2 is 0.795 bits per heavy atom. The average Bonchev–Trinajstić information content (AvgIpc) is 2.87. The number of amides is 1. The van der Waals surface area contributed by atoms with Crippen LogP contribution in [0.4, 0.5) is 22.7 Å². The monoisotopic (exact) mass is 1350 g/mol. The number of halogens is 4. The number of anilines is 4. The van der Waals surface area contributed by atoms with Gasteiger partial charge in [-0.2, -0.15) is 12.9 Å². The maximum atomic E-state index is 12.2. The molecule has 1 amide bonds. The van der Waals surface area contributed by atoms with E-state index >= 15 is 0 Å². The number of hydrogen-bond acceptors (Lipinski definition) is 13. The summed E-state index contributed by atoms with van der Waals surface area (Å²) in [4.78, 5) is 35.3. The van der Waals surface area contributed by atoms with Crippen LogP contribution in [0, 0.1) is 0 Å². The third kappa shape index (κ3) is 16.2. The molecule has 0 unspecified atom stereocenters. The second-order valence-electron chi connectivity index (χ2n) is 22.3. The maximum absolute atomic E-state index is 12.2. The number of benzene rings is 4. The SMILES string of the molecule is CC(C)S(=O)(=O)N1CCN(c2cc(Cl)cc3[nH]ccc23)CC1.CCCS(=O)(=O)N1CCN(c2cc(Cl)cc3[nH]ccc23)CC1.CNC(=O)CN1CCN(c2cc(Cl)cc3[nH]ccc23)CC1.COCCS(=O)(=O)N1CCN(c2cc(Cl)cc3[nH]ccc23)CC1. The number of carbonyl (C=O) groups excluding carboxylic acids is 1. The van der Waals surface area contributed by atoms with Crippen molar-refractivity contribution in [2.75, 3.05) is 163 Å². The lowest BCUT2D eigenvalue weighted by Gasteiger charge is -2.36. The molecule has 0 radical (unpaired) electrons. The van der Waals surface area contributed by atoms with Crippen LogP contribution in [0.3, 0.4) is 0 Å². The van der Waals surface area contributed by atoms with E-state index in [0.717, 1.165) is 86.5 Å². The summed E-state index contributed by atoms with van der Waals surface area (Å²) in [5, 5.41) is 9.61. The van der Waals surface area contributed by atoms with Gasteiger partial charge >= 0.3 is 0 Å². The highest BCUT2D eigenvalue weighted by Crippen LogP contribution is 2.35. The van der Waals surface area contributed by atoms with Gasteiger partial charge in [-0.1, -0.05) is 53.3 Å². The van der Waals surface area contributed by atoms with Crippen LogP contribution in [-0.4, -0.2) is 218 Å². The fourth-order valence-electron chi connectivity index (χ4n) is 11.5. The Bertz CT molecular complexity index is 4000. The molecule has 8 aromatic rings. The molecule has 0 saturated carbocycles. The van der Waals surface area contributed by atoms with Crippen LogP contribution in [0.5, 0.6) is 0 Å². The van der Waals surface area contributed by atoms with Gasteiger partial charge in [-0.05, 0) is 93.1 Å². The number of hydrogen-bond donors (Lipinski definition) is 5. The first kappa shape index (κ1) is 66.9. The highest BCUT2D eigenvalue weighted by Gasteiger charge is 2.32. The van der Waals surface area contributed by atoms with Crippen LogP contribution in [0.25, 0.3) is 43.6 Å². The van der Waals surface area contributed by atoms with E-state index in [1.54, 1.807) is 33.8 Å². The topological polar surface area (TPSA) is 230 Å². The molecule has 0 bridgehead atoms. The second-order valence-corrected chi connectivity index (χ2v) is 30.7. The van der Waals surface area contributed by atoms with Crippen molar-refractivity contribution in [1.29, 1.82) is 0 Å². The minimum Gasteiger partial charge on any atom is -0.384 e. The third-order valence-corrected chi connectivity index (χ3v) is 23.4. The van der Waals surface area contributed by atoms with Crippen LogP contribution in [0.2, 0.25) is 20.1 Å². The molecule has 4 aliphatic heterocycles. The Balaban J connectivity index is 0.000000140. The molecule has 4 aromatic carbocycles. The molecule has 0 atom stereocenters. The molecule has 478 valence electrons. The smallest absolute Gasteiger partial charge is 0.233 e. The van der Waals surface area contributed by atoms with Crippen molar-refractivity contribution < 1.29 is 34.8 Å². The highest BCUT2D eigenvalue weighted by molar-refractivity contribution is 7.89. The molecule has 4 saturated heterocycles. The van der Waals surface area contributed by atoms with E-state index < -0.39 is 30.1 Å². The molecule has 4 aromatic heterocycles. The predicted octanol–water partition coefficient (Wildman–Crippen LogP) is 8.97. The molecule has 0 spiro atoms. The highest BCUT2D eigenvalue weighted by atomic mass is 35.5. The second kappa shape index (κ2) is 29.6. The lowest BCUT2D eigenvalue weighted by molar-refractivity contribution is -0.121. The molecular formula is C60H79Cl4N13O8S3. The summed E-state index contributed by atoms with van der Waals surface area (Å²) >= 11 is 24.8. The van der Waals surface area contributed by atoms with E-state index in [1.165, 1.54) is 18.2 Å². The van der Waals surface area contributed by atoms with Gasteiger partial charge in [0, 0.05) is 230 Å². The molecule has 88 heavy (non-hydrogen) atoms. The summed E-state index contributed by atoms with van der Waals surface area (Å²) in [6.45, 7) is 16.6. The van der Waals surface area contributed by atoms with Crippen molar-refractivity contribution in [3.05, 3.63) is 118 Å². The van der Waals surface area contributed by atoms with Crippen molar-refractivity contribution in [1.82, 2.24) is 43.1 Å². The number of fused-ring (bicyclic) bond motifs is 4. The third-order valence-electron chi connectivity index (χ3n) is 16.3. The lowest BCUT2D eigenvalue weighted by atomic mass is 10.1. The van der Waals surface area contributed by atoms with Crippen molar-refractivity contribution in [2.45, 2.75) is 32.4 Å². The van der Waals surface area contributed by atoms with Crippen molar-refractivity contribution >= 4 is 149 Å². The van der Waals surface area contributed by atoms with Gasteiger partial charge in [-0.3, -0.25) is 9.69 Å². The van der Waals surface area contributed by atoms with E-state index in [4.69, 9.17) is 51.1 Å². The Morgan fingerprint density at radius 3 is 1.09 bits per heavy atom. The van der Waals surface area contributed by atoms with Crippen LogP contribution in [-0.2, 0) is 39.6 Å². The molecule has 4 aliphatic rings. The number of ether oxygens (including phenoxy) is 1. The van der Waals surface area contributed by atoms with Gasteiger partial charge in [0.25, 0.3) is 0 Å². The van der Waals surface area contributed by atoms with E-state index in [-0.39, 0.29) is 29.3 Å². The number of piperazine rings is 4. The number of H-pyrrole nitrogens is 4. The lowest BCUT2D eigenvalue weighted by Crippen LogP contribution is -2.50. The van der Waals surface area contributed by atoms with Gasteiger partial charge in [0.15, 0.2) is 0 Å². The van der Waals surface area contributed by atoms with Gasteiger partial charge in [-0.25, -0.2) is 25.3 Å².